The Kier molecular flexibility index (Phi) is 5.19. The highest BCUT2D eigenvalue weighted by molar-refractivity contribution is 8.14. The van der Waals surface area contributed by atoms with Crippen LogP contribution in [0.4, 0.5) is 8.78 Å². The lowest BCUT2D eigenvalue weighted by atomic mass is 10.2. The molecule has 4 rings (SSSR count). The normalized spacial score (nSPS) is 11.6. The van der Waals surface area contributed by atoms with Crippen molar-refractivity contribution in [2.24, 2.45) is 0 Å². The summed E-state index contributed by atoms with van der Waals surface area (Å²) >= 11 is 0. The van der Waals surface area contributed by atoms with Crippen LogP contribution in [0.3, 0.4) is 0 Å². The Bertz CT molecular complexity index is 1450. The van der Waals surface area contributed by atoms with Crippen molar-refractivity contribution in [1.29, 1.82) is 0 Å². The van der Waals surface area contributed by atoms with E-state index >= 15 is 0 Å². The van der Waals surface area contributed by atoms with Gasteiger partial charge in [-0.15, -0.1) is 0 Å². The van der Waals surface area contributed by atoms with Gasteiger partial charge in [0.1, 0.15) is 10.7 Å². The van der Waals surface area contributed by atoms with E-state index in [1.54, 1.807) is 12.1 Å². The van der Waals surface area contributed by atoms with Gasteiger partial charge in [0.2, 0.25) is 5.95 Å². The maximum absolute atomic E-state index is 14.9. The molecule has 31 heavy (non-hydrogen) atoms. The SMILES string of the molecule is Cc1nc(-c2cccc(F)c2)ncc1C(=O)Nn1c(F)c(S(=O)(=O)Cl)c2ccccc21. The van der Waals surface area contributed by atoms with Crippen LogP contribution in [0.5, 0.6) is 0 Å². The lowest BCUT2D eigenvalue weighted by Crippen LogP contribution is -2.25. The number of nitrogens with zero attached hydrogens (tertiary/aromatic N) is 3. The summed E-state index contributed by atoms with van der Waals surface area (Å²) in [4.78, 5) is 20.3. The number of carbonyl (C=O) groups excluding carboxylic acids is 1. The summed E-state index contributed by atoms with van der Waals surface area (Å²) in [6.07, 6.45) is 1.22. The van der Waals surface area contributed by atoms with Crippen molar-refractivity contribution >= 4 is 36.5 Å². The molecule has 0 fully saturated rings. The van der Waals surface area contributed by atoms with Crippen molar-refractivity contribution in [3.8, 4) is 11.4 Å². The first-order chi connectivity index (χ1) is 14.7. The van der Waals surface area contributed by atoms with Gasteiger partial charge < -0.3 is 0 Å². The number of rotatable bonds is 4. The van der Waals surface area contributed by atoms with Crippen LogP contribution >= 0.6 is 10.7 Å². The molecule has 2 aromatic heterocycles. The van der Waals surface area contributed by atoms with E-state index in [9.17, 15) is 22.0 Å². The molecule has 0 aliphatic carbocycles. The second-order valence-electron chi connectivity index (χ2n) is 6.55. The van der Waals surface area contributed by atoms with E-state index in [1.165, 1.54) is 49.5 Å². The van der Waals surface area contributed by atoms with Gasteiger partial charge >= 0.3 is 0 Å². The lowest BCUT2D eigenvalue weighted by Gasteiger charge is -2.11. The number of carbonyl (C=O) groups is 1. The Labute approximate surface area is 179 Å². The van der Waals surface area contributed by atoms with Gasteiger partial charge in [-0.2, -0.15) is 4.39 Å². The summed E-state index contributed by atoms with van der Waals surface area (Å²) in [6, 6.07) is 11.5. The van der Waals surface area contributed by atoms with Crippen molar-refractivity contribution in [2.45, 2.75) is 11.8 Å². The maximum Gasteiger partial charge on any atom is 0.273 e. The van der Waals surface area contributed by atoms with E-state index in [-0.39, 0.29) is 28.0 Å². The number of aryl methyl sites for hydroxylation is 1. The molecule has 2 heterocycles. The molecule has 0 atom stereocenters. The minimum atomic E-state index is -4.42. The third-order valence-corrected chi connectivity index (χ3v) is 5.88. The van der Waals surface area contributed by atoms with Gasteiger partial charge in [-0.1, -0.05) is 30.3 Å². The number of aromatic nitrogens is 3. The highest BCUT2D eigenvalue weighted by Gasteiger charge is 2.27. The predicted octanol–water partition coefficient (Wildman–Crippen LogP) is 4.00. The lowest BCUT2D eigenvalue weighted by molar-refractivity contribution is 0.100. The van der Waals surface area contributed by atoms with E-state index in [1.807, 2.05) is 0 Å². The molecular formula is C20H13ClF2N4O3S. The van der Waals surface area contributed by atoms with Crippen LogP contribution in [0, 0.1) is 18.7 Å². The minimum Gasteiger partial charge on any atom is -0.267 e. The molecule has 0 saturated carbocycles. The third-order valence-electron chi connectivity index (χ3n) is 4.54. The summed E-state index contributed by atoms with van der Waals surface area (Å²) in [5.74, 6) is -2.26. The monoisotopic (exact) mass is 462 g/mol. The molecule has 0 aliphatic rings. The fraction of sp³-hybridized carbons (Fsp3) is 0.0500. The molecule has 7 nitrogen and oxygen atoms in total. The van der Waals surface area contributed by atoms with Crippen LogP contribution in [0.2, 0.25) is 0 Å². The van der Waals surface area contributed by atoms with Crippen molar-refractivity contribution < 1.29 is 22.0 Å². The Balaban J connectivity index is 1.73. The fourth-order valence-corrected chi connectivity index (χ4v) is 4.31. The summed E-state index contributed by atoms with van der Waals surface area (Å²) < 4.78 is 52.7. The quantitative estimate of drug-likeness (QED) is 0.463. The van der Waals surface area contributed by atoms with Crippen LogP contribution in [0.15, 0.2) is 59.6 Å². The predicted molar refractivity (Wildman–Crippen MR) is 111 cm³/mol. The van der Waals surface area contributed by atoms with Gasteiger partial charge in [0.05, 0.1) is 16.8 Å². The molecular weight excluding hydrogens is 450 g/mol. The Morgan fingerprint density at radius 1 is 1.13 bits per heavy atom. The molecule has 0 radical (unpaired) electrons. The summed E-state index contributed by atoms with van der Waals surface area (Å²) in [5.41, 5.74) is 3.11. The van der Waals surface area contributed by atoms with Gasteiger partial charge in [-0.05, 0) is 25.1 Å². The second kappa shape index (κ2) is 7.71. The molecule has 2 aromatic carbocycles. The van der Waals surface area contributed by atoms with E-state index in [0.717, 1.165) is 0 Å². The number of benzene rings is 2. The molecule has 0 spiro atoms. The highest BCUT2D eigenvalue weighted by atomic mass is 35.7. The molecule has 1 N–H and O–H groups in total. The van der Waals surface area contributed by atoms with Crippen molar-refractivity contribution in [3.05, 3.63) is 77.8 Å². The number of para-hydroxylation sites is 1. The first kappa shape index (κ1) is 20.9. The van der Waals surface area contributed by atoms with Crippen LogP contribution in [0.25, 0.3) is 22.3 Å². The van der Waals surface area contributed by atoms with E-state index < -0.39 is 31.6 Å². The zero-order valence-electron chi connectivity index (χ0n) is 15.8. The van der Waals surface area contributed by atoms with Gasteiger partial charge in [0, 0.05) is 27.8 Å². The molecule has 0 aliphatic heterocycles. The van der Waals surface area contributed by atoms with Crippen LogP contribution < -0.4 is 5.43 Å². The number of nitrogens with one attached hydrogen (secondary N) is 1. The fourth-order valence-electron chi connectivity index (χ4n) is 3.14. The standard InChI is InChI=1S/C20H13ClF2N4O3S/c1-11-15(10-24-19(25-11)12-5-4-6-13(22)9-12)20(28)26-27-16-8-3-2-7-14(16)17(18(27)23)31(21,29)30/h2-10H,1H3,(H,26,28). The molecule has 1 amide bonds. The average Bonchev–Trinajstić information content (AvgIpc) is 2.99. The summed E-state index contributed by atoms with van der Waals surface area (Å²) in [6.45, 7) is 1.54. The number of fused-ring (bicyclic) bond motifs is 1. The van der Waals surface area contributed by atoms with E-state index in [2.05, 4.69) is 15.4 Å². The maximum atomic E-state index is 14.9. The van der Waals surface area contributed by atoms with E-state index in [4.69, 9.17) is 10.7 Å². The zero-order chi connectivity index (χ0) is 22.3. The molecule has 11 heteroatoms. The smallest absolute Gasteiger partial charge is 0.267 e. The first-order valence-corrected chi connectivity index (χ1v) is 11.1. The Morgan fingerprint density at radius 3 is 2.55 bits per heavy atom. The number of halogens is 3. The van der Waals surface area contributed by atoms with Crippen LogP contribution in [0.1, 0.15) is 16.1 Å². The number of hydrogen-bond acceptors (Lipinski definition) is 5. The van der Waals surface area contributed by atoms with Crippen molar-refractivity contribution in [2.75, 3.05) is 5.43 Å². The molecule has 0 bridgehead atoms. The average molecular weight is 463 g/mol. The largest absolute Gasteiger partial charge is 0.273 e. The zero-order valence-corrected chi connectivity index (χ0v) is 17.4. The second-order valence-corrected chi connectivity index (χ2v) is 9.06. The van der Waals surface area contributed by atoms with Crippen LogP contribution in [-0.2, 0) is 9.05 Å². The van der Waals surface area contributed by atoms with Crippen molar-refractivity contribution in [1.82, 2.24) is 14.6 Å². The number of hydrogen-bond donors (Lipinski definition) is 1. The third kappa shape index (κ3) is 3.87. The highest BCUT2D eigenvalue weighted by Crippen LogP contribution is 2.30. The van der Waals surface area contributed by atoms with Gasteiger partial charge in [0.15, 0.2) is 5.82 Å². The molecule has 4 aromatic rings. The van der Waals surface area contributed by atoms with Gasteiger partial charge in [-0.25, -0.2) is 27.5 Å². The van der Waals surface area contributed by atoms with Gasteiger partial charge in [-0.3, -0.25) is 10.2 Å². The topological polar surface area (TPSA) is 93.9 Å². The van der Waals surface area contributed by atoms with Crippen molar-refractivity contribution in [3.63, 3.8) is 0 Å². The van der Waals surface area contributed by atoms with Gasteiger partial charge in [0.25, 0.3) is 15.0 Å². The summed E-state index contributed by atoms with van der Waals surface area (Å²) in [5, 5.41) is 0.0183. The first-order valence-electron chi connectivity index (χ1n) is 8.81. The summed E-state index contributed by atoms with van der Waals surface area (Å²) in [7, 11) is 0.963. The molecule has 0 saturated heterocycles. The molecule has 158 valence electrons. The molecule has 0 unspecified atom stereocenters. The minimum absolute atomic E-state index is 0.0183. The Hall–Kier alpha value is -3.37. The number of amides is 1. The van der Waals surface area contributed by atoms with Crippen LogP contribution in [-0.4, -0.2) is 29.0 Å². The Morgan fingerprint density at radius 2 is 1.87 bits per heavy atom. The van der Waals surface area contributed by atoms with E-state index in [0.29, 0.717) is 10.2 Å².